The zero-order valence-electron chi connectivity index (χ0n) is 15.3. The van der Waals surface area contributed by atoms with Crippen molar-refractivity contribution in [3.63, 3.8) is 0 Å². The third kappa shape index (κ3) is 4.21. The standard InChI is InChI=1S/C19H16BrF2NO.C2H6/c1-11(2)14-7-12-5-6-23(19(24)18(12)17(22)8-14)10-13-3-4-15(20)9-16(13)21;1-2/h3-9,11H,10H2,1-2H3;1-2H3. The Balaban J connectivity index is 0.00000117. The van der Waals surface area contributed by atoms with Gasteiger partial charge in [-0.2, -0.15) is 0 Å². The van der Waals surface area contributed by atoms with Gasteiger partial charge in [0.25, 0.3) is 5.56 Å². The molecule has 2 aromatic carbocycles. The molecule has 5 heteroatoms. The second-order valence-corrected chi connectivity index (χ2v) is 7.02. The van der Waals surface area contributed by atoms with Crippen molar-refractivity contribution in [2.75, 3.05) is 0 Å². The second-order valence-electron chi connectivity index (χ2n) is 6.11. The van der Waals surface area contributed by atoms with Crippen LogP contribution in [0.1, 0.15) is 44.7 Å². The van der Waals surface area contributed by atoms with Gasteiger partial charge in [-0.3, -0.25) is 4.79 Å². The molecule has 0 aliphatic carbocycles. The molecule has 3 aromatic rings. The van der Waals surface area contributed by atoms with Crippen LogP contribution in [0, 0.1) is 11.6 Å². The molecule has 0 saturated carbocycles. The van der Waals surface area contributed by atoms with E-state index in [1.54, 1.807) is 24.4 Å². The van der Waals surface area contributed by atoms with E-state index in [4.69, 9.17) is 0 Å². The summed E-state index contributed by atoms with van der Waals surface area (Å²) in [5, 5.41) is 0.607. The third-order valence-corrected chi connectivity index (χ3v) is 4.57. The quantitative estimate of drug-likeness (QED) is 0.490. The maximum absolute atomic E-state index is 14.4. The van der Waals surface area contributed by atoms with Gasteiger partial charge in [-0.05, 0) is 41.1 Å². The molecule has 0 bridgehead atoms. The van der Waals surface area contributed by atoms with Crippen LogP contribution in [0.2, 0.25) is 0 Å². The molecule has 0 aliphatic heterocycles. The fourth-order valence-electron chi connectivity index (χ4n) is 2.68. The summed E-state index contributed by atoms with van der Waals surface area (Å²) in [6, 6.07) is 9.58. The van der Waals surface area contributed by atoms with E-state index in [-0.39, 0.29) is 17.8 Å². The summed E-state index contributed by atoms with van der Waals surface area (Å²) in [7, 11) is 0. The van der Waals surface area contributed by atoms with Crippen molar-refractivity contribution in [3.8, 4) is 0 Å². The third-order valence-electron chi connectivity index (χ3n) is 4.07. The molecular formula is C21H22BrF2NO. The SMILES string of the molecule is CC.CC(C)c1cc(F)c2c(=O)n(Cc3ccc(Br)cc3F)ccc2c1. The molecule has 0 spiro atoms. The lowest BCUT2D eigenvalue weighted by Gasteiger charge is -2.11. The predicted molar refractivity (Wildman–Crippen MR) is 107 cm³/mol. The van der Waals surface area contributed by atoms with E-state index in [2.05, 4.69) is 15.9 Å². The van der Waals surface area contributed by atoms with Gasteiger partial charge in [-0.25, -0.2) is 8.78 Å². The lowest BCUT2D eigenvalue weighted by Crippen LogP contribution is -2.21. The van der Waals surface area contributed by atoms with Gasteiger partial charge < -0.3 is 4.57 Å². The van der Waals surface area contributed by atoms with Gasteiger partial charge in [0.15, 0.2) is 0 Å². The average molecular weight is 422 g/mol. The first-order chi connectivity index (χ1) is 12.4. The second kappa shape index (κ2) is 8.58. The van der Waals surface area contributed by atoms with E-state index in [0.29, 0.717) is 15.4 Å². The van der Waals surface area contributed by atoms with Crippen LogP contribution in [-0.4, -0.2) is 4.57 Å². The Morgan fingerprint density at radius 2 is 1.73 bits per heavy atom. The Morgan fingerprint density at radius 1 is 1.04 bits per heavy atom. The molecule has 3 rings (SSSR count). The number of halogens is 3. The number of aromatic nitrogens is 1. The molecule has 0 unspecified atom stereocenters. The zero-order chi connectivity index (χ0) is 19.4. The normalized spacial score (nSPS) is 10.8. The highest BCUT2D eigenvalue weighted by Gasteiger charge is 2.13. The molecule has 0 fully saturated rings. The molecule has 26 heavy (non-hydrogen) atoms. The summed E-state index contributed by atoms with van der Waals surface area (Å²) in [5.74, 6) is -0.776. The summed E-state index contributed by atoms with van der Waals surface area (Å²) in [6.07, 6.45) is 1.58. The summed E-state index contributed by atoms with van der Waals surface area (Å²) in [4.78, 5) is 12.6. The Bertz CT molecular complexity index is 980. The highest BCUT2D eigenvalue weighted by atomic mass is 79.9. The topological polar surface area (TPSA) is 22.0 Å². The first-order valence-electron chi connectivity index (χ1n) is 8.63. The Hall–Kier alpha value is -2.01. The summed E-state index contributed by atoms with van der Waals surface area (Å²) in [5.41, 5.74) is 0.762. The predicted octanol–water partition coefficient (Wildman–Crippen LogP) is 6.24. The number of rotatable bonds is 3. The number of pyridine rings is 1. The lowest BCUT2D eigenvalue weighted by atomic mass is 9.99. The van der Waals surface area contributed by atoms with Crippen LogP contribution in [0.15, 0.2) is 51.9 Å². The smallest absolute Gasteiger partial charge is 0.261 e. The van der Waals surface area contributed by atoms with Crippen LogP contribution < -0.4 is 5.56 Å². The van der Waals surface area contributed by atoms with Gasteiger partial charge in [-0.15, -0.1) is 0 Å². The van der Waals surface area contributed by atoms with Crippen LogP contribution >= 0.6 is 15.9 Å². The maximum Gasteiger partial charge on any atom is 0.261 e. The molecule has 1 aromatic heterocycles. The molecule has 0 amide bonds. The molecule has 0 atom stereocenters. The number of benzene rings is 2. The summed E-state index contributed by atoms with van der Waals surface area (Å²) in [6.45, 7) is 8.00. The van der Waals surface area contributed by atoms with Crippen LogP contribution in [0.5, 0.6) is 0 Å². The van der Waals surface area contributed by atoms with Gasteiger partial charge in [0, 0.05) is 16.2 Å². The van der Waals surface area contributed by atoms with E-state index >= 15 is 0 Å². The van der Waals surface area contributed by atoms with Gasteiger partial charge in [0.05, 0.1) is 11.9 Å². The highest BCUT2D eigenvalue weighted by Crippen LogP contribution is 2.23. The summed E-state index contributed by atoms with van der Waals surface area (Å²) >= 11 is 3.20. The van der Waals surface area contributed by atoms with Crippen molar-refractivity contribution >= 4 is 26.7 Å². The van der Waals surface area contributed by atoms with E-state index < -0.39 is 17.2 Å². The van der Waals surface area contributed by atoms with Crippen molar-refractivity contribution in [3.05, 3.63) is 80.2 Å². The van der Waals surface area contributed by atoms with Crippen molar-refractivity contribution in [1.29, 1.82) is 0 Å². The number of nitrogens with zero attached hydrogens (tertiary/aromatic N) is 1. The molecule has 2 nitrogen and oxygen atoms in total. The molecule has 0 aliphatic rings. The molecule has 138 valence electrons. The van der Waals surface area contributed by atoms with Crippen LogP contribution in [-0.2, 0) is 6.54 Å². The first kappa shape index (κ1) is 20.3. The number of hydrogen-bond donors (Lipinski definition) is 0. The van der Waals surface area contributed by atoms with Crippen LogP contribution in [0.25, 0.3) is 10.8 Å². The minimum absolute atomic E-state index is 0.0411. The van der Waals surface area contributed by atoms with Crippen LogP contribution in [0.3, 0.4) is 0 Å². The molecular weight excluding hydrogens is 400 g/mol. The Labute approximate surface area is 160 Å². The fourth-order valence-corrected chi connectivity index (χ4v) is 3.01. The number of hydrogen-bond acceptors (Lipinski definition) is 1. The highest BCUT2D eigenvalue weighted by molar-refractivity contribution is 9.10. The largest absolute Gasteiger partial charge is 0.310 e. The Morgan fingerprint density at radius 3 is 2.35 bits per heavy atom. The van der Waals surface area contributed by atoms with Gasteiger partial charge in [-0.1, -0.05) is 55.8 Å². The first-order valence-corrected chi connectivity index (χ1v) is 9.42. The summed E-state index contributed by atoms with van der Waals surface area (Å²) < 4.78 is 30.4. The van der Waals surface area contributed by atoms with Crippen molar-refractivity contribution in [2.24, 2.45) is 0 Å². The molecule has 0 saturated heterocycles. The van der Waals surface area contributed by atoms with Gasteiger partial charge in [0.1, 0.15) is 11.6 Å². The average Bonchev–Trinajstić information content (AvgIpc) is 2.60. The minimum Gasteiger partial charge on any atom is -0.310 e. The van der Waals surface area contributed by atoms with E-state index in [1.807, 2.05) is 33.8 Å². The molecule has 0 radical (unpaired) electrons. The van der Waals surface area contributed by atoms with Crippen molar-refractivity contribution in [2.45, 2.75) is 40.2 Å². The van der Waals surface area contributed by atoms with Crippen LogP contribution in [0.4, 0.5) is 8.78 Å². The zero-order valence-corrected chi connectivity index (χ0v) is 16.9. The van der Waals surface area contributed by atoms with Crippen molar-refractivity contribution in [1.82, 2.24) is 4.57 Å². The molecule has 1 heterocycles. The number of fused-ring (bicyclic) bond motifs is 1. The lowest BCUT2D eigenvalue weighted by molar-refractivity contribution is 0.595. The fraction of sp³-hybridized carbons (Fsp3) is 0.286. The van der Waals surface area contributed by atoms with E-state index in [9.17, 15) is 13.6 Å². The Kier molecular flexibility index (Phi) is 6.70. The van der Waals surface area contributed by atoms with E-state index in [0.717, 1.165) is 5.56 Å². The van der Waals surface area contributed by atoms with Crippen molar-refractivity contribution < 1.29 is 8.78 Å². The maximum atomic E-state index is 14.4. The molecule has 0 N–H and O–H groups in total. The minimum atomic E-state index is -0.535. The van der Waals surface area contributed by atoms with Gasteiger partial charge in [0.2, 0.25) is 0 Å². The monoisotopic (exact) mass is 421 g/mol. The van der Waals surface area contributed by atoms with Gasteiger partial charge >= 0.3 is 0 Å². The van der Waals surface area contributed by atoms with E-state index in [1.165, 1.54) is 16.7 Å².